The average molecular weight is 312 g/mol. The van der Waals surface area contributed by atoms with Gasteiger partial charge in [-0.2, -0.15) is 0 Å². The first-order chi connectivity index (χ1) is 10.4. The predicted octanol–water partition coefficient (Wildman–Crippen LogP) is -1.21. The molecule has 1 heterocycles. The third-order valence-electron chi connectivity index (χ3n) is 3.36. The second-order valence-corrected chi connectivity index (χ2v) is 5.11. The molecule has 8 heteroatoms. The smallest absolute Gasteiger partial charge is 0.228 e. The van der Waals surface area contributed by atoms with Gasteiger partial charge in [0.1, 0.15) is 24.1 Å². The number of rotatable bonds is 4. The molecule has 0 radical (unpaired) electrons. The van der Waals surface area contributed by atoms with E-state index in [1.165, 1.54) is 6.92 Å². The van der Waals surface area contributed by atoms with Crippen molar-refractivity contribution >= 4 is 11.6 Å². The van der Waals surface area contributed by atoms with Gasteiger partial charge in [-0.05, 0) is 24.3 Å². The summed E-state index contributed by atoms with van der Waals surface area (Å²) < 4.78 is 10.8. The van der Waals surface area contributed by atoms with E-state index in [1.807, 2.05) is 0 Å². The maximum Gasteiger partial charge on any atom is 0.228 e. The summed E-state index contributed by atoms with van der Waals surface area (Å²) in [5, 5.41) is 31.5. The SMILES string of the molecule is CC(=O)Nc1ccc(O[C@H]2O[C@H](CO)[C@@H](O)[C@@H](N)[C@@H]2O)cc1. The molecule has 0 saturated carbocycles. The van der Waals surface area contributed by atoms with Crippen LogP contribution < -0.4 is 15.8 Å². The minimum absolute atomic E-state index is 0.189. The van der Waals surface area contributed by atoms with E-state index in [2.05, 4.69) is 5.32 Å². The number of aliphatic hydroxyl groups excluding tert-OH is 3. The molecule has 1 fully saturated rings. The highest BCUT2D eigenvalue weighted by molar-refractivity contribution is 5.88. The number of hydrogen-bond donors (Lipinski definition) is 5. The third kappa shape index (κ3) is 3.73. The number of benzene rings is 1. The van der Waals surface area contributed by atoms with E-state index in [0.717, 1.165) is 0 Å². The first kappa shape index (κ1) is 16.7. The zero-order valence-corrected chi connectivity index (χ0v) is 12.0. The maximum absolute atomic E-state index is 10.9. The van der Waals surface area contributed by atoms with Crippen LogP contribution in [-0.4, -0.2) is 58.5 Å². The highest BCUT2D eigenvalue weighted by atomic mass is 16.7. The number of carbonyl (C=O) groups is 1. The summed E-state index contributed by atoms with van der Waals surface area (Å²) >= 11 is 0. The number of aliphatic hydroxyl groups is 3. The Hall–Kier alpha value is -1.71. The lowest BCUT2D eigenvalue weighted by Crippen LogP contribution is -2.63. The van der Waals surface area contributed by atoms with Crippen LogP contribution in [0.1, 0.15) is 6.92 Å². The zero-order chi connectivity index (χ0) is 16.3. The quantitative estimate of drug-likeness (QED) is 0.471. The molecule has 122 valence electrons. The number of nitrogens with two attached hydrogens (primary N) is 1. The molecule has 1 aromatic carbocycles. The fraction of sp³-hybridized carbons (Fsp3) is 0.500. The van der Waals surface area contributed by atoms with Gasteiger partial charge >= 0.3 is 0 Å². The second kappa shape index (κ2) is 7.03. The van der Waals surface area contributed by atoms with Gasteiger partial charge in [0.15, 0.2) is 0 Å². The molecular weight excluding hydrogens is 292 g/mol. The maximum atomic E-state index is 10.9. The van der Waals surface area contributed by atoms with E-state index in [0.29, 0.717) is 11.4 Å². The van der Waals surface area contributed by atoms with Crippen molar-refractivity contribution in [3.05, 3.63) is 24.3 Å². The lowest BCUT2D eigenvalue weighted by molar-refractivity contribution is -0.247. The molecule has 1 saturated heterocycles. The normalized spacial score (nSPS) is 31.6. The molecule has 0 aliphatic carbocycles. The Bertz CT molecular complexity index is 507. The minimum Gasteiger partial charge on any atom is -0.462 e. The van der Waals surface area contributed by atoms with Crippen molar-refractivity contribution in [3.63, 3.8) is 0 Å². The predicted molar refractivity (Wildman–Crippen MR) is 77.1 cm³/mol. The molecule has 0 unspecified atom stereocenters. The summed E-state index contributed by atoms with van der Waals surface area (Å²) in [5.74, 6) is 0.198. The van der Waals surface area contributed by atoms with E-state index in [1.54, 1.807) is 24.3 Å². The Balaban J connectivity index is 2.04. The van der Waals surface area contributed by atoms with Gasteiger partial charge in [0.25, 0.3) is 0 Å². The minimum atomic E-state index is -1.24. The van der Waals surface area contributed by atoms with Gasteiger partial charge in [0, 0.05) is 12.6 Å². The Labute approximate surface area is 127 Å². The molecule has 1 aliphatic heterocycles. The zero-order valence-electron chi connectivity index (χ0n) is 12.0. The number of amides is 1. The highest BCUT2D eigenvalue weighted by Gasteiger charge is 2.43. The molecule has 8 nitrogen and oxygen atoms in total. The molecular formula is C14H20N2O6. The monoisotopic (exact) mass is 312 g/mol. The molecule has 1 aromatic rings. The van der Waals surface area contributed by atoms with Crippen molar-refractivity contribution in [1.82, 2.24) is 0 Å². The Morgan fingerprint density at radius 1 is 1.32 bits per heavy atom. The van der Waals surface area contributed by atoms with Crippen LogP contribution in [0, 0.1) is 0 Å². The van der Waals surface area contributed by atoms with Crippen molar-refractivity contribution in [3.8, 4) is 5.75 Å². The fourth-order valence-electron chi connectivity index (χ4n) is 2.17. The molecule has 5 atom stereocenters. The number of nitrogens with one attached hydrogen (secondary N) is 1. The van der Waals surface area contributed by atoms with Crippen LogP contribution in [0.3, 0.4) is 0 Å². The number of anilines is 1. The van der Waals surface area contributed by atoms with Crippen molar-refractivity contribution < 1.29 is 29.6 Å². The summed E-state index contributed by atoms with van der Waals surface area (Å²) in [6.07, 6.45) is -4.46. The molecule has 2 rings (SSSR count). The van der Waals surface area contributed by atoms with Crippen LogP contribution in [0.15, 0.2) is 24.3 Å². The molecule has 6 N–H and O–H groups in total. The lowest BCUT2D eigenvalue weighted by Gasteiger charge is -2.40. The van der Waals surface area contributed by atoms with Crippen LogP contribution >= 0.6 is 0 Å². The first-order valence-electron chi connectivity index (χ1n) is 6.84. The van der Waals surface area contributed by atoms with E-state index in [4.69, 9.17) is 20.3 Å². The Morgan fingerprint density at radius 2 is 1.95 bits per heavy atom. The average Bonchev–Trinajstić information content (AvgIpc) is 2.49. The standard InChI is InChI=1S/C14H20N2O6/c1-7(18)16-8-2-4-9(5-3-8)21-14-13(20)11(15)12(19)10(6-17)22-14/h2-5,10-14,17,19-20H,6,15H2,1H3,(H,16,18)/t10-,11-,12-,13+,14+/m1/s1. The van der Waals surface area contributed by atoms with E-state index < -0.39 is 37.3 Å². The summed E-state index contributed by atoms with van der Waals surface area (Å²) in [6, 6.07) is 5.45. The van der Waals surface area contributed by atoms with Crippen molar-refractivity contribution in [2.24, 2.45) is 5.73 Å². The molecule has 0 spiro atoms. The van der Waals surface area contributed by atoms with Gasteiger partial charge in [-0.1, -0.05) is 0 Å². The number of ether oxygens (including phenoxy) is 2. The summed E-state index contributed by atoms with van der Waals surface area (Å²) in [4.78, 5) is 10.9. The highest BCUT2D eigenvalue weighted by Crippen LogP contribution is 2.24. The summed E-state index contributed by atoms with van der Waals surface area (Å²) in [6.45, 7) is 0.960. The van der Waals surface area contributed by atoms with Crippen LogP contribution in [0.4, 0.5) is 5.69 Å². The lowest BCUT2D eigenvalue weighted by atomic mass is 9.97. The molecule has 0 bridgehead atoms. The van der Waals surface area contributed by atoms with Gasteiger partial charge in [0.05, 0.1) is 12.6 Å². The molecule has 1 aliphatic rings. The summed E-state index contributed by atoms with van der Waals surface area (Å²) in [5.41, 5.74) is 6.29. The van der Waals surface area contributed by atoms with Gasteiger partial charge in [-0.3, -0.25) is 4.79 Å². The largest absolute Gasteiger partial charge is 0.462 e. The van der Waals surface area contributed by atoms with Crippen molar-refractivity contribution in [2.75, 3.05) is 11.9 Å². The van der Waals surface area contributed by atoms with E-state index in [9.17, 15) is 15.0 Å². The second-order valence-electron chi connectivity index (χ2n) is 5.11. The summed E-state index contributed by atoms with van der Waals surface area (Å²) in [7, 11) is 0. The van der Waals surface area contributed by atoms with Crippen LogP contribution in [-0.2, 0) is 9.53 Å². The Morgan fingerprint density at radius 3 is 2.50 bits per heavy atom. The fourth-order valence-corrected chi connectivity index (χ4v) is 2.17. The van der Waals surface area contributed by atoms with Gasteiger partial charge in [0.2, 0.25) is 12.2 Å². The Kier molecular flexibility index (Phi) is 5.33. The molecule has 1 amide bonds. The molecule has 0 aromatic heterocycles. The first-order valence-corrected chi connectivity index (χ1v) is 6.84. The van der Waals surface area contributed by atoms with Crippen molar-refractivity contribution in [1.29, 1.82) is 0 Å². The van der Waals surface area contributed by atoms with Crippen LogP contribution in [0.25, 0.3) is 0 Å². The van der Waals surface area contributed by atoms with Crippen LogP contribution in [0.2, 0.25) is 0 Å². The van der Waals surface area contributed by atoms with Crippen molar-refractivity contribution in [2.45, 2.75) is 37.6 Å². The van der Waals surface area contributed by atoms with Crippen LogP contribution in [0.5, 0.6) is 5.75 Å². The van der Waals surface area contributed by atoms with E-state index >= 15 is 0 Å². The molecule has 22 heavy (non-hydrogen) atoms. The van der Waals surface area contributed by atoms with Gasteiger partial charge in [-0.15, -0.1) is 0 Å². The van der Waals surface area contributed by atoms with Gasteiger partial charge < -0.3 is 35.8 Å². The topological polar surface area (TPSA) is 134 Å². The third-order valence-corrected chi connectivity index (χ3v) is 3.36. The van der Waals surface area contributed by atoms with E-state index in [-0.39, 0.29) is 5.91 Å². The number of hydrogen-bond acceptors (Lipinski definition) is 7. The number of carbonyl (C=O) groups excluding carboxylic acids is 1. The van der Waals surface area contributed by atoms with Gasteiger partial charge in [-0.25, -0.2) is 0 Å².